The van der Waals surface area contributed by atoms with Crippen LogP contribution in [-0.2, 0) is 4.79 Å². The number of benzene rings is 1. The smallest absolute Gasteiger partial charge is 0.244 e. The van der Waals surface area contributed by atoms with Crippen LogP contribution in [0.5, 0.6) is 0 Å². The number of halogens is 1. The third-order valence-corrected chi connectivity index (χ3v) is 6.01. The molecule has 3 fully saturated rings. The molecule has 112 valence electrons. The molecular formula is C16H19FN2OS. The second-order valence-corrected chi connectivity index (χ2v) is 7.38. The molecule has 0 bridgehead atoms. The molecule has 1 amide bonds. The number of carbonyl (C=O) groups is 1. The molecule has 2 saturated heterocycles. The third kappa shape index (κ3) is 2.18. The lowest BCUT2D eigenvalue weighted by Crippen LogP contribution is -2.43. The highest BCUT2D eigenvalue weighted by Crippen LogP contribution is 2.48. The van der Waals surface area contributed by atoms with Crippen LogP contribution in [0.1, 0.15) is 37.4 Å². The van der Waals surface area contributed by atoms with Crippen LogP contribution in [0.2, 0.25) is 0 Å². The van der Waals surface area contributed by atoms with Crippen molar-refractivity contribution >= 4 is 17.7 Å². The van der Waals surface area contributed by atoms with Gasteiger partial charge in [-0.05, 0) is 37.5 Å². The van der Waals surface area contributed by atoms with Crippen molar-refractivity contribution in [1.82, 2.24) is 10.2 Å². The van der Waals surface area contributed by atoms with Crippen molar-refractivity contribution in [3.8, 4) is 0 Å². The van der Waals surface area contributed by atoms with Gasteiger partial charge in [0.1, 0.15) is 17.5 Å². The van der Waals surface area contributed by atoms with Crippen LogP contribution in [0.15, 0.2) is 24.3 Å². The number of rotatable bonds is 2. The molecule has 1 spiro atoms. The summed E-state index contributed by atoms with van der Waals surface area (Å²) in [5.41, 5.74) is 0.208. The summed E-state index contributed by atoms with van der Waals surface area (Å²) < 4.78 is 14.2. The number of amides is 1. The topological polar surface area (TPSA) is 32.3 Å². The zero-order valence-electron chi connectivity index (χ0n) is 11.8. The predicted molar refractivity (Wildman–Crippen MR) is 81.4 cm³/mol. The zero-order valence-corrected chi connectivity index (χ0v) is 12.7. The number of carbonyl (C=O) groups excluding carboxylic acids is 1. The van der Waals surface area contributed by atoms with Gasteiger partial charge in [-0.25, -0.2) is 4.39 Å². The van der Waals surface area contributed by atoms with Gasteiger partial charge in [0.15, 0.2) is 0 Å². The summed E-state index contributed by atoms with van der Waals surface area (Å²) in [7, 11) is 0. The summed E-state index contributed by atoms with van der Waals surface area (Å²) in [4.78, 5) is 14.8. The average molecular weight is 306 g/mol. The Hall–Kier alpha value is -1.07. The Kier molecular flexibility index (Phi) is 3.23. The molecule has 0 radical (unpaired) electrons. The number of hydrogen-bond donors (Lipinski definition) is 1. The molecule has 1 saturated carbocycles. The average Bonchev–Trinajstić information content (AvgIpc) is 3.23. The van der Waals surface area contributed by atoms with E-state index in [4.69, 9.17) is 0 Å². The van der Waals surface area contributed by atoms with Crippen molar-refractivity contribution in [3.63, 3.8) is 0 Å². The highest BCUT2D eigenvalue weighted by molar-refractivity contribution is 7.99. The van der Waals surface area contributed by atoms with Crippen molar-refractivity contribution in [3.05, 3.63) is 35.6 Å². The van der Waals surface area contributed by atoms with E-state index in [1.807, 2.05) is 22.7 Å². The van der Waals surface area contributed by atoms with Gasteiger partial charge in [-0.15, -0.1) is 0 Å². The zero-order chi connectivity index (χ0) is 14.4. The summed E-state index contributed by atoms with van der Waals surface area (Å²) in [6.45, 7) is 0. The van der Waals surface area contributed by atoms with E-state index >= 15 is 0 Å². The van der Waals surface area contributed by atoms with Gasteiger partial charge in [-0.1, -0.05) is 18.2 Å². The van der Waals surface area contributed by atoms with Gasteiger partial charge in [0, 0.05) is 17.4 Å². The molecule has 1 aromatic rings. The molecule has 1 N–H and O–H groups in total. The normalized spacial score (nSPS) is 30.9. The van der Waals surface area contributed by atoms with Gasteiger partial charge in [0.2, 0.25) is 5.91 Å². The SMILES string of the molecule is O=C1N(C2CCCSC2)C(c2ccccc2F)NC12CC2. The van der Waals surface area contributed by atoms with E-state index in [-0.39, 0.29) is 23.9 Å². The van der Waals surface area contributed by atoms with E-state index in [2.05, 4.69) is 5.32 Å². The molecule has 4 rings (SSSR count). The van der Waals surface area contributed by atoms with E-state index in [0.29, 0.717) is 5.56 Å². The van der Waals surface area contributed by atoms with Gasteiger partial charge in [-0.3, -0.25) is 10.1 Å². The van der Waals surface area contributed by atoms with E-state index in [1.165, 1.54) is 11.8 Å². The molecule has 2 heterocycles. The highest BCUT2D eigenvalue weighted by Gasteiger charge is 2.60. The van der Waals surface area contributed by atoms with Crippen molar-refractivity contribution in [2.24, 2.45) is 0 Å². The van der Waals surface area contributed by atoms with Crippen LogP contribution < -0.4 is 5.32 Å². The minimum absolute atomic E-state index is 0.184. The molecule has 5 heteroatoms. The Bertz CT molecular complexity index is 569. The third-order valence-electron chi connectivity index (χ3n) is 4.81. The quantitative estimate of drug-likeness (QED) is 0.912. The van der Waals surface area contributed by atoms with E-state index in [9.17, 15) is 9.18 Å². The van der Waals surface area contributed by atoms with Crippen LogP contribution in [-0.4, -0.2) is 33.9 Å². The summed E-state index contributed by atoms with van der Waals surface area (Å²) in [6, 6.07) is 7.05. The van der Waals surface area contributed by atoms with E-state index in [0.717, 1.165) is 31.4 Å². The largest absolute Gasteiger partial charge is 0.317 e. The summed E-state index contributed by atoms with van der Waals surface area (Å²) in [5, 5.41) is 3.42. The minimum Gasteiger partial charge on any atom is -0.317 e. The second kappa shape index (κ2) is 4.99. The molecule has 3 aliphatic rings. The molecule has 2 aliphatic heterocycles. The van der Waals surface area contributed by atoms with Crippen LogP contribution >= 0.6 is 11.8 Å². The Balaban J connectivity index is 1.70. The summed E-state index contributed by atoms with van der Waals surface area (Å²) in [5.74, 6) is 2.09. The molecule has 3 nitrogen and oxygen atoms in total. The van der Waals surface area contributed by atoms with Crippen molar-refractivity contribution in [2.45, 2.75) is 43.4 Å². The Morgan fingerprint density at radius 2 is 2.14 bits per heavy atom. The van der Waals surface area contributed by atoms with Crippen LogP contribution in [0, 0.1) is 5.82 Å². The van der Waals surface area contributed by atoms with Gasteiger partial charge < -0.3 is 4.90 Å². The summed E-state index contributed by atoms with van der Waals surface area (Å²) >= 11 is 1.90. The fourth-order valence-electron chi connectivity index (χ4n) is 3.48. The molecule has 1 aromatic carbocycles. The Morgan fingerprint density at radius 3 is 2.81 bits per heavy atom. The molecular weight excluding hydrogens is 287 g/mol. The molecule has 1 aliphatic carbocycles. The monoisotopic (exact) mass is 306 g/mol. The fourth-order valence-corrected chi connectivity index (χ4v) is 4.62. The maximum Gasteiger partial charge on any atom is 0.244 e. The van der Waals surface area contributed by atoms with Gasteiger partial charge in [-0.2, -0.15) is 11.8 Å². The van der Waals surface area contributed by atoms with Crippen molar-refractivity contribution < 1.29 is 9.18 Å². The van der Waals surface area contributed by atoms with Gasteiger partial charge in [0.25, 0.3) is 0 Å². The van der Waals surface area contributed by atoms with E-state index < -0.39 is 5.54 Å². The lowest BCUT2D eigenvalue weighted by atomic mass is 10.1. The van der Waals surface area contributed by atoms with Crippen molar-refractivity contribution in [1.29, 1.82) is 0 Å². The number of hydrogen-bond acceptors (Lipinski definition) is 3. The Morgan fingerprint density at radius 1 is 1.33 bits per heavy atom. The number of thioether (sulfide) groups is 1. The standard InChI is InChI=1S/C16H19FN2OS/c17-13-6-2-1-5-12(13)14-18-16(7-8-16)15(20)19(14)11-4-3-9-21-10-11/h1-2,5-6,11,14,18H,3-4,7-10H2. The molecule has 0 aromatic heterocycles. The first-order valence-electron chi connectivity index (χ1n) is 7.64. The van der Waals surface area contributed by atoms with Gasteiger partial charge in [0.05, 0.1) is 0 Å². The van der Waals surface area contributed by atoms with Crippen molar-refractivity contribution in [2.75, 3.05) is 11.5 Å². The predicted octanol–water partition coefficient (Wildman–Crippen LogP) is 2.68. The number of nitrogens with zero attached hydrogens (tertiary/aromatic N) is 1. The summed E-state index contributed by atoms with van der Waals surface area (Å²) in [6.07, 6.45) is 3.63. The maximum atomic E-state index is 14.2. The van der Waals surface area contributed by atoms with Gasteiger partial charge >= 0.3 is 0 Å². The van der Waals surface area contributed by atoms with E-state index in [1.54, 1.807) is 12.1 Å². The number of nitrogens with one attached hydrogen (secondary N) is 1. The molecule has 21 heavy (non-hydrogen) atoms. The van der Waals surface area contributed by atoms with Crippen LogP contribution in [0.25, 0.3) is 0 Å². The van der Waals surface area contributed by atoms with Crippen LogP contribution in [0.4, 0.5) is 4.39 Å². The van der Waals surface area contributed by atoms with Crippen LogP contribution in [0.3, 0.4) is 0 Å². The second-order valence-electron chi connectivity index (χ2n) is 6.23. The molecule has 2 atom stereocenters. The lowest BCUT2D eigenvalue weighted by molar-refractivity contribution is -0.132. The first-order chi connectivity index (χ1) is 10.2. The first-order valence-corrected chi connectivity index (χ1v) is 8.79. The molecule has 2 unspecified atom stereocenters. The Labute approximate surface area is 128 Å². The highest BCUT2D eigenvalue weighted by atomic mass is 32.2. The first kappa shape index (κ1) is 13.6. The maximum absolute atomic E-state index is 14.2. The lowest BCUT2D eigenvalue weighted by Gasteiger charge is -2.35. The minimum atomic E-state index is -0.394. The fraction of sp³-hybridized carbons (Fsp3) is 0.562.